The van der Waals surface area contributed by atoms with Crippen molar-refractivity contribution in [3.05, 3.63) is 88.4 Å². The normalized spacial score (nSPS) is 12.6. The van der Waals surface area contributed by atoms with Gasteiger partial charge in [-0.3, -0.25) is 19.7 Å². The molecule has 0 saturated carbocycles. The summed E-state index contributed by atoms with van der Waals surface area (Å²) in [5.41, 5.74) is -0.347. The average Bonchev–Trinajstić information content (AvgIpc) is 3.13. The largest absolute Gasteiger partial charge is 0.316 e. The smallest absolute Gasteiger partial charge is 0.272 e. The lowest BCUT2D eigenvalue weighted by atomic mass is 10.2. The number of non-ortho nitro benzene ring substituents is 1. The second kappa shape index (κ2) is 9.70. The molecule has 0 bridgehead atoms. The topological polar surface area (TPSA) is 112 Å². The second-order valence-corrected chi connectivity index (χ2v) is 9.19. The van der Waals surface area contributed by atoms with E-state index in [1.807, 2.05) is 26.2 Å². The molecule has 0 spiro atoms. The first-order valence-corrected chi connectivity index (χ1v) is 10.8. The van der Waals surface area contributed by atoms with Crippen molar-refractivity contribution in [1.29, 1.82) is 0 Å². The van der Waals surface area contributed by atoms with E-state index >= 15 is 0 Å². The lowest BCUT2D eigenvalue weighted by molar-refractivity contribution is -0.384. The number of aromatic amines is 2. The number of H-pyrrole nitrogens is 2. The predicted molar refractivity (Wildman–Crippen MR) is 121 cm³/mol. The first kappa shape index (κ1) is 21.8. The Kier molecular flexibility index (Phi) is 7.03. The van der Waals surface area contributed by atoms with Crippen molar-refractivity contribution < 1.29 is 4.92 Å². The Morgan fingerprint density at radius 1 is 1.03 bits per heavy atom. The highest BCUT2D eigenvalue weighted by Crippen LogP contribution is 2.27. The number of rotatable bonds is 7. The van der Waals surface area contributed by atoms with E-state index in [1.54, 1.807) is 29.2 Å². The Balaban J connectivity index is 1.86. The van der Waals surface area contributed by atoms with Crippen LogP contribution in [-0.2, 0) is 0 Å². The van der Waals surface area contributed by atoms with Gasteiger partial charge in [0.25, 0.3) is 16.8 Å². The van der Waals surface area contributed by atoms with Crippen molar-refractivity contribution in [2.45, 2.75) is 4.21 Å². The molecule has 0 fully saturated rings. The highest BCUT2D eigenvalue weighted by Gasteiger charge is 2.04. The van der Waals surface area contributed by atoms with Gasteiger partial charge in [0.15, 0.2) is 0 Å². The van der Waals surface area contributed by atoms with Gasteiger partial charge in [0.1, 0.15) is 10.7 Å². The molecule has 2 heterocycles. The first-order valence-electron chi connectivity index (χ1n) is 9.00. The van der Waals surface area contributed by atoms with Gasteiger partial charge < -0.3 is 14.9 Å². The Labute approximate surface area is 179 Å². The highest BCUT2D eigenvalue weighted by molar-refractivity contribution is 8.01. The van der Waals surface area contributed by atoms with Crippen molar-refractivity contribution in [1.82, 2.24) is 14.9 Å². The maximum Gasteiger partial charge on any atom is 0.272 e. The van der Waals surface area contributed by atoms with Crippen LogP contribution in [0.5, 0.6) is 0 Å². The zero-order valence-electron chi connectivity index (χ0n) is 16.4. The van der Waals surface area contributed by atoms with Crippen LogP contribution in [0.4, 0.5) is 5.69 Å². The molecule has 3 aromatic rings. The molecule has 0 aliphatic carbocycles. The van der Waals surface area contributed by atoms with Gasteiger partial charge in [-0.1, -0.05) is 0 Å². The Bertz CT molecular complexity index is 1270. The molecule has 2 N–H and O–H groups in total. The van der Waals surface area contributed by atoms with Crippen molar-refractivity contribution in [3.8, 4) is 0 Å². The third kappa shape index (κ3) is 5.78. The third-order valence-corrected chi connectivity index (χ3v) is 6.31. The molecule has 1 aromatic carbocycles. The van der Waals surface area contributed by atoms with E-state index in [-0.39, 0.29) is 16.4 Å². The van der Waals surface area contributed by atoms with Gasteiger partial charge in [0.05, 0.1) is 9.13 Å². The minimum absolute atomic E-state index is 0.0466. The predicted octanol–water partition coefficient (Wildman–Crippen LogP) is 1.34. The van der Waals surface area contributed by atoms with Crippen molar-refractivity contribution in [3.63, 3.8) is 0 Å². The van der Waals surface area contributed by atoms with Crippen LogP contribution in [0.15, 0.2) is 50.2 Å². The summed E-state index contributed by atoms with van der Waals surface area (Å²) in [7, 11) is 4.05. The number of nitrogens with zero attached hydrogens (tertiary/aromatic N) is 2. The summed E-state index contributed by atoms with van der Waals surface area (Å²) in [5, 5.41) is 11.0. The van der Waals surface area contributed by atoms with Crippen LogP contribution >= 0.6 is 23.1 Å². The number of nitro groups is 1. The van der Waals surface area contributed by atoms with Crippen LogP contribution in [-0.4, -0.2) is 46.2 Å². The molecule has 30 heavy (non-hydrogen) atoms. The van der Waals surface area contributed by atoms with Crippen molar-refractivity contribution in [2.75, 3.05) is 26.4 Å². The SMILES string of the molecule is CN(C)CCSc1ccc(C=c2[nH]c(=O)c(=Cc3ccc([N+](=O)[O-])cc3)[nH]c2=O)s1. The minimum atomic E-state index is -0.500. The number of nitrogens with one attached hydrogen (secondary N) is 2. The summed E-state index contributed by atoms with van der Waals surface area (Å²) >= 11 is 3.30. The fourth-order valence-corrected chi connectivity index (χ4v) is 4.79. The molecule has 8 nitrogen and oxygen atoms in total. The maximum absolute atomic E-state index is 12.4. The van der Waals surface area contributed by atoms with Crippen molar-refractivity contribution >= 4 is 40.9 Å². The molecule has 2 aromatic heterocycles. The van der Waals surface area contributed by atoms with Gasteiger partial charge in [-0.25, -0.2) is 0 Å². The Morgan fingerprint density at radius 3 is 2.27 bits per heavy atom. The molecule has 0 aliphatic rings. The van der Waals surface area contributed by atoms with E-state index < -0.39 is 16.0 Å². The van der Waals surface area contributed by atoms with Crippen LogP contribution < -0.4 is 21.8 Å². The van der Waals surface area contributed by atoms with Crippen LogP contribution in [0.3, 0.4) is 0 Å². The number of aromatic nitrogens is 2. The summed E-state index contributed by atoms with van der Waals surface area (Å²) < 4.78 is 1.14. The highest BCUT2D eigenvalue weighted by atomic mass is 32.2. The fraction of sp³-hybridized carbons (Fsp3) is 0.200. The van der Waals surface area contributed by atoms with Crippen molar-refractivity contribution in [2.24, 2.45) is 0 Å². The Hall–Kier alpha value is -2.95. The molecule has 156 valence electrons. The summed E-state index contributed by atoms with van der Waals surface area (Å²) in [6, 6.07) is 9.61. The summed E-state index contributed by atoms with van der Waals surface area (Å²) in [6.45, 7) is 0.974. The fourth-order valence-electron chi connectivity index (χ4n) is 2.52. The molecule has 0 radical (unpaired) electrons. The number of hydrogen-bond acceptors (Lipinski definition) is 7. The lowest BCUT2D eigenvalue weighted by Gasteiger charge is -2.07. The van der Waals surface area contributed by atoms with E-state index in [9.17, 15) is 19.7 Å². The zero-order valence-corrected chi connectivity index (χ0v) is 18.0. The van der Waals surface area contributed by atoms with E-state index in [0.717, 1.165) is 21.4 Å². The van der Waals surface area contributed by atoms with E-state index in [2.05, 4.69) is 14.9 Å². The molecule has 0 saturated heterocycles. The number of benzene rings is 1. The summed E-state index contributed by atoms with van der Waals surface area (Å²) in [5.74, 6) is 0.970. The maximum atomic E-state index is 12.4. The molecule has 0 unspecified atom stereocenters. The molecule has 0 aliphatic heterocycles. The van der Waals surface area contributed by atoms with Gasteiger partial charge in [0.2, 0.25) is 0 Å². The summed E-state index contributed by atoms with van der Waals surface area (Å²) in [4.78, 5) is 43.2. The monoisotopic (exact) mass is 444 g/mol. The van der Waals surface area contributed by atoms with E-state index in [4.69, 9.17) is 0 Å². The molecule has 0 amide bonds. The van der Waals surface area contributed by atoms with Gasteiger partial charge in [0, 0.05) is 29.3 Å². The second-order valence-electron chi connectivity index (χ2n) is 6.68. The first-order chi connectivity index (χ1) is 14.3. The molecule has 0 atom stereocenters. The minimum Gasteiger partial charge on any atom is -0.316 e. The van der Waals surface area contributed by atoms with Gasteiger partial charge in [-0.15, -0.1) is 23.1 Å². The zero-order chi connectivity index (χ0) is 21.7. The van der Waals surface area contributed by atoms with Gasteiger partial charge >= 0.3 is 0 Å². The van der Waals surface area contributed by atoms with E-state index in [0.29, 0.717) is 5.56 Å². The van der Waals surface area contributed by atoms with Crippen LogP contribution in [0.25, 0.3) is 12.2 Å². The number of nitro benzene ring substituents is 1. The lowest BCUT2D eigenvalue weighted by Crippen LogP contribution is -2.46. The van der Waals surface area contributed by atoms with Crippen LogP contribution in [0, 0.1) is 10.1 Å². The number of thioether (sulfide) groups is 1. The molecule has 10 heteroatoms. The summed E-state index contributed by atoms with van der Waals surface area (Å²) in [6.07, 6.45) is 3.12. The average molecular weight is 445 g/mol. The molecular weight excluding hydrogens is 424 g/mol. The molecular formula is C20H20N4O4S2. The standard InChI is InChI=1S/C20H20N4O4S2/c1-23(2)9-10-29-18-8-7-15(30-18)12-17-20(26)21-16(19(25)22-17)11-13-3-5-14(6-4-13)24(27)28/h3-8,11-12H,9-10H2,1-2H3,(H,21,26)(H,22,25). The van der Waals surface area contributed by atoms with E-state index in [1.165, 1.54) is 30.3 Å². The Morgan fingerprint density at radius 2 is 1.67 bits per heavy atom. The number of thiophene rings is 1. The quantitative estimate of drug-likeness (QED) is 0.323. The van der Waals surface area contributed by atoms with Crippen LogP contribution in [0.2, 0.25) is 0 Å². The number of hydrogen-bond donors (Lipinski definition) is 2. The van der Waals surface area contributed by atoms with Gasteiger partial charge in [-0.05, 0) is 56.1 Å². The molecule has 3 rings (SSSR count). The third-order valence-electron chi connectivity index (χ3n) is 4.07. The van der Waals surface area contributed by atoms with Crippen LogP contribution in [0.1, 0.15) is 10.4 Å². The van der Waals surface area contributed by atoms with Gasteiger partial charge in [-0.2, -0.15) is 0 Å².